The molecule has 14 nitrogen and oxygen atoms in total. The minimum absolute atomic E-state index is 0.00501. The van der Waals surface area contributed by atoms with Crippen molar-refractivity contribution >= 4 is 56.9 Å². The van der Waals surface area contributed by atoms with Crippen LogP contribution in [-0.2, 0) is 35.4 Å². The van der Waals surface area contributed by atoms with Gasteiger partial charge in [-0.15, -0.1) is 0 Å². The Labute approximate surface area is 338 Å². The Morgan fingerprint density at radius 2 is 1.54 bits per heavy atom. The molecule has 0 spiro atoms. The Morgan fingerprint density at radius 1 is 0.930 bits per heavy atom. The quantitative estimate of drug-likeness (QED) is 0.0533. The highest BCUT2D eigenvalue weighted by atomic mass is 35.5. The number of carbonyl (C=O) groups is 3. The first kappa shape index (κ1) is 43.5. The van der Waals surface area contributed by atoms with Crippen LogP contribution >= 0.6 is 23.2 Å². The number of anilines is 1. The van der Waals surface area contributed by atoms with Crippen molar-refractivity contribution in [1.29, 1.82) is 0 Å². The predicted octanol–water partition coefficient (Wildman–Crippen LogP) is 7.58. The van der Waals surface area contributed by atoms with E-state index in [9.17, 15) is 36.8 Å². The second-order valence-corrected chi connectivity index (χ2v) is 17.3. The summed E-state index contributed by atoms with van der Waals surface area (Å²) in [5.41, 5.74) is -0.704. The van der Waals surface area contributed by atoms with Gasteiger partial charge in [-0.2, -0.15) is 17.8 Å². The molecular formula is C38H42Cl2F2N2O12S. The lowest BCUT2D eigenvalue weighted by molar-refractivity contribution is -0.605. The van der Waals surface area contributed by atoms with Crippen molar-refractivity contribution in [2.24, 2.45) is 11.8 Å². The maximum atomic E-state index is 13.3. The average Bonchev–Trinajstić information content (AvgIpc) is 4.03. The van der Waals surface area contributed by atoms with Gasteiger partial charge in [0.05, 0.1) is 31.5 Å². The normalized spacial score (nSPS) is 14.8. The largest absolute Gasteiger partial charge is 0.619 e. The molecule has 310 valence electrons. The highest BCUT2D eigenvalue weighted by Crippen LogP contribution is 2.39. The van der Waals surface area contributed by atoms with Crippen molar-refractivity contribution in [3.63, 3.8) is 0 Å². The van der Waals surface area contributed by atoms with Gasteiger partial charge >= 0.3 is 24.6 Å². The van der Waals surface area contributed by atoms with E-state index in [0.717, 1.165) is 44.3 Å². The van der Waals surface area contributed by atoms with Crippen LogP contribution in [0.3, 0.4) is 0 Å². The molecule has 1 aromatic heterocycles. The van der Waals surface area contributed by atoms with Gasteiger partial charge in [-0.05, 0) is 94.2 Å². The molecule has 0 saturated heterocycles. The number of hydrogen-bond donors (Lipinski definition) is 0. The first-order chi connectivity index (χ1) is 26.8. The summed E-state index contributed by atoms with van der Waals surface area (Å²) in [6.45, 7) is 1.61. The van der Waals surface area contributed by atoms with Crippen LogP contribution in [0.4, 0.5) is 19.3 Å². The topological polar surface area (TPSA) is 171 Å². The maximum absolute atomic E-state index is 13.3. The summed E-state index contributed by atoms with van der Waals surface area (Å²) in [4.78, 5) is 39.5. The van der Waals surface area contributed by atoms with Crippen LogP contribution in [0, 0.1) is 17.0 Å². The second-order valence-electron chi connectivity index (χ2n) is 14.6. The number of rotatable bonds is 18. The van der Waals surface area contributed by atoms with E-state index in [0.29, 0.717) is 14.6 Å². The molecule has 0 unspecified atom stereocenters. The molecule has 0 aliphatic heterocycles. The van der Waals surface area contributed by atoms with Gasteiger partial charge in [-0.25, -0.2) is 18.0 Å². The molecule has 5 rings (SSSR count). The lowest BCUT2D eigenvalue weighted by Crippen LogP contribution is -2.40. The van der Waals surface area contributed by atoms with Gasteiger partial charge in [0.15, 0.2) is 23.9 Å². The minimum atomic E-state index is -4.22. The van der Waals surface area contributed by atoms with Gasteiger partial charge in [-0.3, -0.25) is 4.79 Å². The fourth-order valence-electron chi connectivity index (χ4n) is 5.32. The number of sulfonamides is 1. The molecule has 1 amide bonds. The predicted molar refractivity (Wildman–Crippen MR) is 202 cm³/mol. The molecule has 2 aliphatic carbocycles. The molecule has 3 aromatic rings. The molecule has 2 saturated carbocycles. The summed E-state index contributed by atoms with van der Waals surface area (Å²) < 4.78 is 85.7. The zero-order valence-electron chi connectivity index (χ0n) is 31.5. The van der Waals surface area contributed by atoms with Crippen LogP contribution in [0.1, 0.15) is 80.5 Å². The Balaban J connectivity index is 1.32. The Hall–Kier alpha value is -4.61. The molecular weight excluding hydrogens is 817 g/mol. The van der Waals surface area contributed by atoms with Gasteiger partial charge in [0.25, 0.3) is 0 Å². The summed E-state index contributed by atoms with van der Waals surface area (Å²) in [6, 6.07) is 7.75. The van der Waals surface area contributed by atoms with Crippen molar-refractivity contribution < 1.29 is 64.7 Å². The third kappa shape index (κ3) is 12.9. The van der Waals surface area contributed by atoms with Crippen LogP contribution in [0.5, 0.6) is 17.2 Å². The molecule has 2 aromatic carbocycles. The molecule has 57 heavy (non-hydrogen) atoms. The zero-order chi connectivity index (χ0) is 41.7. The van der Waals surface area contributed by atoms with Crippen molar-refractivity contribution in [2.45, 2.75) is 77.6 Å². The first-order valence-corrected chi connectivity index (χ1v) is 20.5. The molecule has 0 N–H and O–H groups in total. The number of hydrogen-bond acceptors (Lipinski definition) is 12. The summed E-state index contributed by atoms with van der Waals surface area (Å²) in [5, 5.41) is 11.8. The smallest absolute Gasteiger partial charge is 0.429 e. The number of benzene rings is 2. The summed E-state index contributed by atoms with van der Waals surface area (Å²) >= 11 is 12.7. The molecule has 1 heterocycles. The first-order valence-electron chi connectivity index (χ1n) is 17.9. The van der Waals surface area contributed by atoms with E-state index in [1.807, 2.05) is 0 Å². The van der Waals surface area contributed by atoms with Crippen molar-refractivity contribution in [3.05, 3.63) is 80.7 Å². The van der Waals surface area contributed by atoms with Crippen LogP contribution < -0.4 is 23.2 Å². The number of halogens is 4. The number of nitrogens with zero attached hydrogens (tertiary/aromatic N) is 2. The van der Waals surface area contributed by atoms with E-state index in [1.165, 1.54) is 36.4 Å². The average molecular weight is 860 g/mol. The van der Waals surface area contributed by atoms with E-state index < -0.39 is 59.4 Å². The van der Waals surface area contributed by atoms with Crippen molar-refractivity contribution in [3.8, 4) is 17.2 Å². The standard InChI is InChI=1S/C38H42Cl2F2N2O12S/c1-38(2,3)56-37(47)44(57(4,49)50)29-11-9-25(16-32(29)52-20-22-5-6-22)35(46)51-14-13-34(45)54-31(17-26-27(39)18-43(48)19-28(26)40)24-10-12-30(55-36(41)42)33(15-24)53-21-23-7-8-23/h9-12,15-16,18-19,22-23,31,36H,5-8,13-14,17,20-21H2,1-4H3/t31-/m0/s1. The van der Waals surface area contributed by atoms with E-state index in [1.54, 1.807) is 20.8 Å². The molecule has 0 radical (unpaired) electrons. The number of alkyl halides is 2. The minimum Gasteiger partial charge on any atom is -0.619 e. The summed E-state index contributed by atoms with van der Waals surface area (Å²) in [6.07, 6.45) is 3.71. The summed E-state index contributed by atoms with van der Waals surface area (Å²) in [7, 11) is -4.22. The highest BCUT2D eigenvalue weighted by molar-refractivity contribution is 7.92. The molecule has 2 aliphatic rings. The lowest BCUT2D eigenvalue weighted by atomic mass is 10.0. The van der Waals surface area contributed by atoms with E-state index >= 15 is 0 Å². The lowest BCUT2D eigenvalue weighted by Gasteiger charge is -2.27. The number of aromatic nitrogens is 1. The number of pyridine rings is 1. The van der Waals surface area contributed by atoms with E-state index in [2.05, 4.69) is 4.74 Å². The van der Waals surface area contributed by atoms with Crippen LogP contribution in [-0.4, -0.2) is 64.7 Å². The third-order valence-corrected chi connectivity index (χ3v) is 10.1. The van der Waals surface area contributed by atoms with Gasteiger partial charge in [-0.1, -0.05) is 29.3 Å². The fraction of sp³-hybridized carbons (Fsp3) is 0.474. The maximum Gasteiger partial charge on any atom is 0.429 e. The third-order valence-electron chi connectivity index (χ3n) is 8.46. The van der Waals surface area contributed by atoms with E-state index in [4.69, 9.17) is 46.9 Å². The Kier molecular flexibility index (Phi) is 14.0. The fourth-order valence-corrected chi connectivity index (χ4v) is 6.74. The molecule has 19 heteroatoms. The second kappa shape index (κ2) is 18.3. The van der Waals surface area contributed by atoms with Crippen molar-refractivity contribution in [2.75, 3.05) is 30.4 Å². The highest BCUT2D eigenvalue weighted by Gasteiger charge is 2.34. The SMILES string of the molecule is CC(C)(C)OC(=O)N(c1ccc(C(=O)OCCC(=O)O[C@@H](Cc2c(Cl)c[n+]([O-])cc2Cl)c2ccc(OC(F)F)c(OCC3CC3)c2)cc1OCC1CC1)S(C)(=O)=O. The van der Waals surface area contributed by atoms with Crippen molar-refractivity contribution in [1.82, 2.24) is 0 Å². The number of amides is 1. The van der Waals surface area contributed by atoms with Gasteiger partial charge < -0.3 is 33.6 Å². The Bertz CT molecular complexity index is 2050. The van der Waals surface area contributed by atoms with Gasteiger partial charge in [0.2, 0.25) is 10.0 Å². The van der Waals surface area contributed by atoms with Gasteiger partial charge in [0.1, 0.15) is 39.8 Å². The number of esters is 2. The van der Waals surface area contributed by atoms with E-state index in [-0.39, 0.29) is 75.6 Å². The number of ether oxygens (including phenoxy) is 6. The van der Waals surface area contributed by atoms with Crippen LogP contribution in [0.2, 0.25) is 10.0 Å². The Morgan fingerprint density at radius 3 is 2.11 bits per heavy atom. The summed E-state index contributed by atoms with van der Waals surface area (Å²) in [5.74, 6) is -1.56. The van der Waals surface area contributed by atoms with Crippen LogP contribution in [0.15, 0.2) is 48.8 Å². The molecule has 1 atom stereocenters. The monoisotopic (exact) mass is 858 g/mol. The molecule has 0 bridgehead atoms. The molecule has 2 fully saturated rings. The van der Waals surface area contributed by atoms with Gasteiger partial charge in [0, 0.05) is 12.0 Å². The van der Waals surface area contributed by atoms with Crippen LogP contribution in [0.25, 0.3) is 0 Å². The number of carbonyl (C=O) groups excluding carboxylic acids is 3. The zero-order valence-corrected chi connectivity index (χ0v) is 33.8.